The van der Waals surface area contributed by atoms with E-state index in [0.29, 0.717) is 23.7 Å². The highest BCUT2D eigenvalue weighted by atomic mass is 35.5. The molecule has 0 amide bonds. The summed E-state index contributed by atoms with van der Waals surface area (Å²) in [5.74, 6) is -1.82. The lowest BCUT2D eigenvalue weighted by Crippen LogP contribution is -2.15. The Balaban J connectivity index is 1.96. The molecule has 1 fully saturated rings. The van der Waals surface area contributed by atoms with E-state index in [9.17, 15) is 8.78 Å². The molecule has 1 aliphatic rings. The lowest BCUT2D eigenvalue weighted by molar-refractivity contribution is 0.00556. The third kappa shape index (κ3) is 3.25. The fraction of sp³-hybridized carbons (Fsp3) is 0.538. The van der Waals surface area contributed by atoms with Gasteiger partial charge in [0.1, 0.15) is 5.75 Å². The first-order valence-corrected chi connectivity index (χ1v) is 6.33. The molecule has 0 radical (unpaired) electrons. The molecule has 1 N–H and O–H groups in total. The van der Waals surface area contributed by atoms with Crippen molar-refractivity contribution in [2.24, 2.45) is 5.92 Å². The summed E-state index contributed by atoms with van der Waals surface area (Å²) in [4.78, 5) is 0. The number of ether oxygens (including phenoxy) is 1. The van der Waals surface area contributed by atoms with Crippen molar-refractivity contribution in [1.29, 1.82) is 0 Å². The van der Waals surface area contributed by atoms with Gasteiger partial charge in [0.15, 0.2) is 0 Å². The summed E-state index contributed by atoms with van der Waals surface area (Å²) in [6, 6.07) is 5.23. The van der Waals surface area contributed by atoms with Crippen LogP contribution in [0.2, 0.25) is 5.02 Å². The SMILES string of the molecule is COc1ccc(Cl)cc1NCC1CCC(F)(F)C1. The van der Waals surface area contributed by atoms with Gasteiger partial charge in [0.2, 0.25) is 5.92 Å². The minimum absolute atomic E-state index is 0.00341. The van der Waals surface area contributed by atoms with Crippen LogP contribution < -0.4 is 10.1 Å². The number of alkyl halides is 2. The van der Waals surface area contributed by atoms with Gasteiger partial charge in [0.25, 0.3) is 0 Å². The van der Waals surface area contributed by atoms with Crippen LogP contribution in [-0.4, -0.2) is 19.6 Å². The number of hydrogen-bond donors (Lipinski definition) is 1. The van der Waals surface area contributed by atoms with Gasteiger partial charge in [-0.1, -0.05) is 11.6 Å². The van der Waals surface area contributed by atoms with Crippen LogP contribution in [0.5, 0.6) is 5.75 Å². The van der Waals surface area contributed by atoms with Crippen molar-refractivity contribution in [3.63, 3.8) is 0 Å². The zero-order valence-electron chi connectivity index (χ0n) is 10.2. The number of rotatable bonds is 4. The molecule has 0 heterocycles. The van der Waals surface area contributed by atoms with Crippen molar-refractivity contribution in [3.05, 3.63) is 23.2 Å². The molecule has 100 valence electrons. The van der Waals surface area contributed by atoms with Gasteiger partial charge in [-0.25, -0.2) is 8.78 Å². The maximum Gasteiger partial charge on any atom is 0.248 e. The molecule has 0 bridgehead atoms. The Hall–Kier alpha value is -1.03. The first-order valence-electron chi connectivity index (χ1n) is 5.95. The smallest absolute Gasteiger partial charge is 0.248 e. The molecule has 0 saturated heterocycles. The molecule has 1 aromatic rings. The zero-order valence-corrected chi connectivity index (χ0v) is 10.9. The van der Waals surface area contributed by atoms with Crippen molar-refractivity contribution >= 4 is 17.3 Å². The average molecular weight is 276 g/mol. The highest BCUT2D eigenvalue weighted by Gasteiger charge is 2.39. The number of nitrogens with one attached hydrogen (secondary N) is 1. The fourth-order valence-electron chi connectivity index (χ4n) is 2.29. The van der Waals surface area contributed by atoms with Crippen LogP contribution in [0.25, 0.3) is 0 Å². The van der Waals surface area contributed by atoms with E-state index < -0.39 is 5.92 Å². The highest BCUT2D eigenvalue weighted by molar-refractivity contribution is 6.30. The van der Waals surface area contributed by atoms with Gasteiger partial charge in [-0.2, -0.15) is 0 Å². The highest BCUT2D eigenvalue weighted by Crippen LogP contribution is 2.39. The van der Waals surface area contributed by atoms with E-state index in [0.717, 1.165) is 5.69 Å². The molecule has 0 spiro atoms. The van der Waals surface area contributed by atoms with Crippen LogP contribution in [0.15, 0.2) is 18.2 Å². The Labute approximate surface area is 110 Å². The van der Waals surface area contributed by atoms with Gasteiger partial charge in [-0.05, 0) is 30.5 Å². The van der Waals surface area contributed by atoms with Gasteiger partial charge in [0, 0.05) is 24.4 Å². The molecule has 1 aromatic carbocycles. The minimum atomic E-state index is -2.50. The molecule has 1 atom stereocenters. The first-order chi connectivity index (χ1) is 8.50. The fourth-order valence-corrected chi connectivity index (χ4v) is 2.46. The van der Waals surface area contributed by atoms with Gasteiger partial charge in [-0.15, -0.1) is 0 Å². The van der Waals surface area contributed by atoms with Crippen LogP contribution >= 0.6 is 11.6 Å². The quantitative estimate of drug-likeness (QED) is 0.889. The zero-order chi connectivity index (χ0) is 13.2. The number of halogens is 3. The van der Waals surface area contributed by atoms with Crippen LogP contribution in [0.3, 0.4) is 0 Å². The summed E-state index contributed by atoms with van der Waals surface area (Å²) >= 11 is 5.90. The third-order valence-electron chi connectivity index (χ3n) is 3.25. The molecule has 5 heteroatoms. The third-order valence-corrected chi connectivity index (χ3v) is 3.48. The number of anilines is 1. The van der Waals surface area contributed by atoms with Gasteiger partial charge < -0.3 is 10.1 Å². The summed E-state index contributed by atoms with van der Waals surface area (Å²) in [7, 11) is 1.57. The number of methoxy groups -OCH3 is 1. The van der Waals surface area contributed by atoms with Crippen LogP contribution in [0, 0.1) is 5.92 Å². The van der Waals surface area contributed by atoms with E-state index >= 15 is 0 Å². The average Bonchev–Trinajstić information content (AvgIpc) is 2.66. The Morgan fingerprint density at radius 1 is 1.50 bits per heavy atom. The molecule has 1 aliphatic carbocycles. The molecule has 2 nitrogen and oxygen atoms in total. The van der Waals surface area contributed by atoms with Gasteiger partial charge >= 0.3 is 0 Å². The molecule has 1 saturated carbocycles. The standard InChI is InChI=1S/C13H16ClF2NO/c1-18-12-3-2-10(14)6-11(12)17-8-9-4-5-13(15,16)7-9/h2-3,6,9,17H,4-5,7-8H2,1H3. The van der Waals surface area contributed by atoms with E-state index in [-0.39, 0.29) is 18.8 Å². The van der Waals surface area contributed by atoms with Crippen molar-refractivity contribution < 1.29 is 13.5 Å². The van der Waals surface area contributed by atoms with E-state index in [2.05, 4.69) is 5.32 Å². The molecule has 18 heavy (non-hydrogen) atoms. The van der Waals surface area contributed by atoms with E-state index in [1.807, 2.05) is 0 Å². The second-order valence-electron chi connectivity index (χ2n) is 4.69. The Morgan fingerprint density at radius 3 is 2.89 bits per heavy atom. The topological polar surface area (TPSA) is 21.3 Å². The van der Waals surface area contributed by atoms with Crippen LogP contribution in [0.1, 0.15) is 19.3 Å². The summed E-state index contributed by atoms with van der Waals surface area (Å²) < 4.78 is 31.3. The second-order valence-corrected chi connectivity index (χ2v) is 5.13. The second kappa shape index (κ2) is 5.31. The summed E-state index contributed by atoms with van der Waals surface area (Å²) in [5, 5.41) is 3.73. The minimum Gasteiger partial charge on any atom is -0.495 e. The normalized spacial score (nSPS) is 21.9. The summed E-state index contributed by atoms with van der Waals surface area (Å²) in [5.41, 5.74) is 0.750. The summed E-state index contributed by atoms with van der Waals surface area (Å²) in [6.07, 6.45) is 0.512. The van der Waals surface area contributed by atoms with Crippen LogP contribution in [-0.2, 0) is 0 Å². The molecular weight excluding hydrogens is 260 g/mol. The molecular formula is C13H16ClF2NO. The largest absolute Gasteiger partial charge is 0.495 e. The van der Waals surface area contributed by atoms with E-state index in [1.54, 1.807) is 25.3 Å². The molecule has 2 rings (SSSR count). The van der Waals surface area contributed by atoms with Crippen molar-refractivity contribution in [2.45, 2.75) is 25.2 Å². The van der Waals surface area contributed by atoms with E-state index in [4.69, 9.17) is 16.3 Å². The lowest BCUT2D eigenvalue weighted by Gasteiger charge is -2.15. The van der Waals surface area contributed by atoms with Gasteiger partial charge in [-0.3, -0.25) is 0 Å². The Bertz CT molecular complexity index is 425. The lowest BCUT2D eigenvalue weighted by atomic mass is 10.1. The molecule has 0 aromatic heterocycles. The summed E-state index contributed by atoms with van der Waals surface area (Å²) in [6.45, 7) is 0.520. The van der Waals surface area contributed by atoms with Crippen molar-refractivity contribution in [3.8, 4) is 5.75 Å². The Kier molecular flexibility index (Phi) is 3.95. The van der Waals surface area contributed by atoms with Crippen molar-refractivity contribution in [2.75, 3.05) is 19.0 Å². The number of benzene rings is 1. The van der Waals surface area contributed by atoms with Gasteiger partial charge in [0.05, 0.1) is 12.8 Å². The predicted octanol–water partition coefficient (Wildman–Crippen LogP) is 4.20. The maximum absolute atomic E-state index is 13.1. The maximum atomic E-state index is 13.1. The van der Waals surface area contributed by atoms with Crippen LogP contribution in [0.4, 0.5) is 14.5 Å². The van der Waals surface area contributed by atoms with E-state index in [1.165, 1.54) is 0 Å². The first kappa shape index (κ1) is 13.4. The monoisotopic (exact) mass is 275 g/mol. The molecule has 1 unspecified atom stereocenters. The molecule has 0 aliphatic heterocycles. The Morgan fingerprint density at radius 2 is 2.28 bits per heavy atom. The van der Waals surface area contributed by atoms with Crippen molar-refractivity contribution in [1.82, 2.24) is 0 Å². The number of hydrogen-bond acceptors (Lipinski definition) is 2. The predicted molar refractivity (Wildman–Crippen MR) is 68.8 cm³/mol.